The van der Waals surface area contributed by atoms with E-state index in [9.17, 15) is 0 Å². The standard InChI is InChI=1S/C22H19BrN4S2/c23-18-8-6-17(7-9-18)20-15-29-22(25-20)27-12-10-26(11-13-27)21-24-19(14-28-21)16-4-2-1-3-5-16/h1-9,14-15H,10-13H2. The molecule has 0 atom stereocenters. The van der Waals surface area contributed by atoms with Gasteiger partial charge < -0.3 is 9.80 Å². The number of rotatable bonds is 4. The highest BCUT2D eigenvalue weighted by Gasteiger charge is 2.22. The highest BCUT2D eigenvalue weighted by atomic mass is 79.9. The van der Waals surface area contributed by atoms with Crippen LogP contribution >= 0.6 is 38.6 Å². The number of hydrogen-bond donors (Lipinski definition) is 0. The second kappa shape index (κ2) is 8.26. The molecule has 1 aliphatic rings. The molecule has 0 amide bonds. The number of nitrogens with zero attached hydrogens (tertiary/aromatic N) is 4. The third-order valence-electron chi connectivity index (χ3n) is 5.01. The lowest BCUT2D eigenvalue weighted by atomic mass is 10.2. The summed E-state index contributed by atoms with van der Waals surface area (Å²) in [6.45, 7) is 3.87. The Labute approximate surface area is 186 Å². The SMILES string of the molecule is Brc1ccc(-c2csc(N3CCN(c4nc(-c5ccccc5)cs4)CC3)n2)cc1. The summed E-state index contributed by atoms with van der Waals surface area (Å²) in [5.41, 5.74) is 4.45. The first kappa shape index (κ1) is 18.8. The molecule has 146 valence electrons. The first-order valence-electron chi connectivity index (χ1n) is 9.48. The molecule has 2 aromatic carbocycles. The molecule has 4 aromatic rings. The van der Waals surface area contributed by atoms with Crippen LogP contribution in [-0.2, 0) is 0 Å². The molecule has 0 spiro atoms. The molecule has 2 aromatic heterocycles. The number of anilines is 2. The monoisotopic (exact) mass is 482 g/mol. The Morgan fingerprint density at radius 1 is 0.655 bits per heavy atom. The van der Waals surface area contributed by atoms with E-state index in [2.05, 4.69) is 85.0 Å². The summed E-state index contributed by atoms with van der Waals surface area (Å²) < 4.78 is 1.09. The lowest BCUT2D eigenvalue weighted by Crippen LogP contribution is -2.46. The van der Waals surface area contributed by atoms with E-state index in [0.29, 0.717) is 0 Å². The van der Waals surface area contributed by atoms with Crippen LogP contribution in [0.4, 0.5) is 10.3 Å². The van der Waals surface area contributed by atoms with Crippen LogP contribution in [0.1, 0.15) is 0 Å². The van der Waals surface area contributed by atoms with Crippen LogP contribution in [0.15, 0.2) is 69.8 Å². The molecule has 0 saturated carbocycles. The Bertz CT molecular complexity index is 1080. The number of halogens is 1. The van der Waals surface area contributed by atoms with Crippen molar-refractivity contribution in [3.63, 3.8) is 0 Å². The summed E-state index contributed by atoms with van der Waals surface area (Å²) in [5, 5.41) is 6.52. The van der Waals surface area contributed by atoms with Gasteiger partial charge in [0.05, 0.1) is 11.4 Å². The molecule has 1 saturated heterocycles. The molecule has 29 heavy (non-hydrogen) atoms. The fraction of sp³-hybridized carbons (Fsp3) is 0.182. The van der Waals surface area contributed by atoms with Gasteiger partial charge in [0.15, 0.2) is 10.3 Å². The van der Waals surface area contributed by atoms with E-state index < -0.39 is 0 Å². The van der Waals surface area contributed by atoms with Crippen LogP contribution in [0, 0.1) is 0 Å². The fourth-order valence-corrected chi connectivity index (χ4v) is 5.44. The average molecular weight is 483 g/mol. The second-order valence-corrected chi connectivity index (χ2v) is 9.47. The minimum atomic E-state index is 0.966. The smallest absolute Gasteiger partial charge is 0.185 e. The molecule has 0 N–H and O–H groups in total. The van der Waals surface area contributed by atoms with Gasteiger partial charge in [-0.3, -0.25) is 0 Å². The summed E-state index contributed by atoms with van der Waals surface area (Å²) in [5.74, 6) is 0. The molecule has 3 heterocycles. The zero-order valence-corrected chi connectivity index (χ0v) is 18.9. The van der Waals surface area contributed by atoms with E-state index in [4.69, 9.17) is 9.97 Å². The maximum absolute atomic E-state index is 4.87. The first-order chi connectivity index (χ1) is 14.3. The molecule has 1 fully saturated rings. The normalized spacial score (nSPS) is 14.4. The summed E-state index contributed by atoms with van der Waals surface area (Å²) >= 11 is 6.95. The summed E-state index contributed by atoms with van der Waals surface area (Å²) in [6.07, 6.45) is 0. The van der Waals surface area contributed by atoms with Crippen molar-refractivity contribution in [3.8, 4) is 22.5 Å². The maximum Gasteiger partial charge on any atom is 0.185 e. The largest absolute Gasteiger partial charge is 0.345 e. The van der Waals surface area contributed by atoms with Crippen molar-refractivity contribution in [2.75, 3.05) is 36.0 Å². The first-order valence-corrected chi connectivity index (χ1v) is 12.0. The Hall–Kier alpha value is -2.22. The average Bonchev–Trinajstić information content (AvgIpc) is 3.46. The zero-order valence-electron chi connectivity index (χ0n) is 15.7. The van der Waals surface area contributed by atoms with Crippen LogP contribution in [0.3, 0.4) is 0 Å². The van der Waals surface area contributed by atoms with Gasteiger partial charge in [0, 0.05) is 52.5 Å². The molecule has 1 aliphatic heterocycles. The van der Waals surface area contributed by atoms with Crippen molar-refractivity contribution >= 4 is 48.9 Å². The van der Waals surface area contributed by atoms with Gasteiger partial charge in [-0.25, -0.2) is 9.97 Å². The molecule has 4 nitrogen and oxygen atoms in total. The highest BCUT2D eigenvalue weighted by molar-refractivity contribution is 9.10. The van der Waals surface area contributed by atoms with Gasteiger partial charge in [-0.05, 0) is 12.1 Å². The van der Waals surface area contributed by atoms with Crippen LogP contribution < -0.4 is 9.80 Å². The van der Waals surface area contributed by atoms with Crippen molar-refractivity contribution in [3.05, 3.63) is 69.8 Å². The van der Waals surface area contributed by atoms with Crippen LogP contribution in [-0.4, -0.2) is 36.1 Å². The third kappa shape index (κ3) is 4.08. The summed E-state index contributed by atoms with van der Waals surface area (Å²) in [4.78, 5) is 14.5. The minimum absolute atomic E-state index is 0.966. The van der Waals surface area contributed by atoms with Gasteiger partial charge in [-0.1, -0.05) is 58.4 Å². The molecule has 5 rings (SSSR count). The lowest BCUT2D eigenvalue weighted by Gasteiger charge is -2.34. The van der Waals surface area contributed by atoms with Gasteiger partial charge in [0.1, 0.15) is 0 Å². The topological polar surface area (TPSA) is 32.3 Å². The second-order valence-electron chi connectivity index (χ2n) is 6.88. The number of thiazole rings is 2. The van der Waals surface area contributed by atoms with Gasteiger partial charge in [-0.2, -0.15) is 0 Å². The van der Waals surface area contributed by atoms with Gasteiger partial charge in [-0.15, -0.1) is 22.7 Å². The summed E-state index contributed by atoms with van der Waals surface area (Å²) in [7, 11) is 0. The fourth-order valence-electron chi connectivity index (χ4n) is 3.40. The Balaban J connectivity index is 1.24. The third-order valence-corrected chi connectivity index (χ3v) is 7.35. The van der Waals surface area contributed by atoms with Crippen molar-refractivity contribution < 1.29 is 0 Å². The van der Waals surface area contributed by atoms with Gasteiger partial charge in [0.2, 0.25) is 0 Å². The van der Waals surface area contributed by atoms with Gasteiger partial charge >= 0.3 is 0 Å². The van der Waals surface area contributed by atoms with E-state index in [0.717, 1.165) is 57.9 Å². The Morgan fingerprint density at radius 3 is 1.66 bits per heavy atom. The van der Waals surface area contributed by atoms with E-state index in [1.54, 1.807) is 22.7 Å². The molecule has 0 aliphatic carbocycles. The lowest BCUT2D eigenvalue weighted by molar-refractivity contribution is 0.651. The van der Waals surface area contributed by atoms with E-state index >= 15 is 0 Å². The van der Waals surface area contributed by atoms with Crippen molar-refractivity contribution in [1.29, 1.82) is 0 Å². The van der Waals surface area contributed by atoms with E-state index in [-0.39, 0.29) is 0 Å². The zero-order chi connectivity index (χ0) is 19.6. The molecule has 0 unspecified atom stereocenters. The molecular formula is C22H19BrN4S2. The quantitative estimate of drug-likeness (QED) is 0.355. The van der Waals surface area contributed by atoms with Gasteiger partial charge in [0.25, 0.3) is 0 Å². The van der Waals surface area contributed by atoms with E-state index in [1.165, 1.54) is 5.56 Å². The summed E-state index contributed by atoms with van der Waals surface area (Å²) in [6, 6.07) is 18.7. The molecule has 0 bridgehead atoms. The van der Waals surface area contributed by atoms with Crippen molar-refractivity contribution in [1.82, 2.24) is 9.97 Å². The number of aromatic nitrogens is 2. The highest BCUT2D eigenvalue weighted by Crippen LogP contribution is 2.31. The van der Waals surface area contributed by atoms with Crippen LogP contribution in [0.25, 0.3) is 22.5 Å². The Kier molecular flexibility index (Phi) is 5.35. The van der Waals surface area contributed by atoms with Crippen molar-refractivity contribution in [2.24, 2.45) is 0 Å². The number of piperazine rings is 1. The maximum atomic E-state index is 4.87. The van der Waals surface area contributed by atoms with E-state index in [1.807, 2.05) is 6.07 Å². The minimum Gasteiger partial charge on any atom is -0.345 e. The van der Waals surface area contributed by atoms with Crippen LogP contribution in [0.5, 0.6) is 0 Å². The predicted molar refractivity (Wildman–Crippen MR) is 127 cm³/mol. The molecule has 7 heteroatoms. The number of benzene rings is 2. The van der Waals surface area contributed by atoms with Crippen LogP contribution in [0.2, 0.25) is 0 Å². The molecule has 0 radical (unpaired) electrons. The number of hydrogen-bond acceptors (Lipinski definition) is 6. The molecular weight excluding hydrogens is 464 g/mol. The van der Waals surface area contributed by atoms with Crippen molar-refractivity contribution in [2.45, 2.75) is 0 Å². The Morgan fingerprint density at radius 2 is 1.14 bits per heavy atom. The predicted octanol–water partition coefficient (Wildman–Crippen LogP) is 6.02.